The molecule has 3 rings (SSSR count). The van der Waals surface area contributed by atoms with E-state index in [1.54, 1.807) is 0 Å². The normalized spacial score (nSPS) is 17.8. The van der Waals surface area contributed by atoms with Gasteiger partial charge in [-0.2, -0.15) is 0 Å². The molecule has 2 aromatic heterocycles. The molecule has 1 unspecified atom stereocenters. The summed E-state index contributed by atoms with van der Waals surface area (Å²) in [5, 5.41) is 0. The Morgan fingerprint density at radius 3 is 3.10 bits per heavy atom. The third-order valence-electron chi connectivity index (χ3n) is 3.79. The van der Waals surface area contributed by atoms with Crippen molar-refractivity contribution in [2.75, 3.05) is 0 Å². The average molecular weight is 332 g/mol. The molecule has 20 heavy (non-hydrogen) atoms. The molecule has 0 N–H and O–H groups in total. The Morgan fingerprint density at radius 2 is 2.25 bits per heavy atom. The van der Waals surface area contributed by atoms with E-state index in [2.05, 4.69) is 38.9 Å². The Kier molecular flexibility index (Phi) is 4.10. The minimum atomic E-state index is 0.315. The fraction of sp³-hybridized carbons (Fsp3) is 0.438. The van der Waals surface area contributed by atoms with Crippen molar-refractivity contribution in [2.45, 2.75) is 44.9 Å². The van der Waals surface area contributed by atoms with Crippen molar-refractivity contribution in [3.05, 3.63) is 51.8 Å². The highest BCUT2D eigenvalue weighted by molar-refractivity contribution is 9.10. The van der Waals surface area contributed by atoms with Gasteiger partial charge in [-0.05, 0) is 59.3 Å². The molecule has 1 aliphatic rings. The number of hydrogen-bond acceptors (Lipinski definition) is 3. The molecule has 0 radical (unpaired) electrons. The predicted molar refractivity (Wildman–Crippen MR) is 82.7 cm³/mol. The molecule has 0 aromatic carbocycles. The summed E-state index contributed by atoms with van der Waals surface area (Å²) in [7, 11) is 0. The number of fused-ring (bicyclic) bond motifs is 1. The number of halogens is 1. The number of rotatable bonds is 3. The lowest BCUT2D eigenvalue weighted by Gasteiger charge is -2.24. The molecule has 104 valence electrons. The molecule has 0 fully saturated rings. The van der Waals surface area contributed by atoms with Crippen LogP contribution in [-0.2, 0) is 12.8 Å². The molecule has 0 saturated heterocycles. The van der Waals surface area contributed by atoms with Gasteiger partial charge in [0.2, 0.25) is 0 Å². The second kappa shape index (κ2) is 6.00. The van der Waals surface area contributed by atoms with E-state index in [1.807, 2.05) is 18.3 Å². The molecule has 0 bridgehead atoms. The van der Waals surface area contributed by atoms with Crippen LogP contribution in [0.25, 0.3) is 0 Å². The number of aryl methyl sites for hydroxylation is 2. The minimum absolute atomic E-state index is 0.315. The van der Waals surface area contributed by atoms with Gasteiger partial charge in [0.1, 0.15) is 10.4 Å². The van der Waals surface area contributed by atoms with E-state index in [0.717, 1.165) is 41.8 Å². The van der Waals surface area contributed by atoms with Crippen LogP contribution in [0.4, 0.5) is 0 Å². The van der Waals surface area contributed by atoms with Gasteiger partial charge in [0.15, 0.2) is 0 Å². The maximum Gasteiger partial charge on any atom is 0.129 e. The molecule has 4 heteroatoms. The summed E-state index contributed by atoms with van der Waals surface area (Å²) in [6.07, 6.45) is 7.34. The second-order valence-corrected chi connectivity index (χ2v) is 6.09. The van der Waals surface area contributed by atoms with Crippen molar-refractivity contribution in [1.29, 1.82) is 0 Å². The highest BCUT2D eigenvalue weighted by Gasteiger charge is 2.24. The number of pyridine rings is 1. The third-order valence-corrected chi connectivity index (χ3v) is 4.19. The van der Waals surface area contributed by atoms with Crippen LogP contribution < -0.4 is 0 Å². The number of aromatic nitrogens is 3. The Balaban J connectivity index is 2.01. The van der Waals surface area contributed by atoms with E-state index < -0.39 is 0 Å². The SMILES string of the molecule is CCCc1nc(Br)cc(C2CCCc3cccnc32)n1. The van der Waals surface area contributed by atoms with Gasteiger partial charge in [-0.15, -0.1) is 0 Å². The first kappa shape index (κ1) is 13.7. The Morgan fingerprint density at radius 1 is 1.35 bits per heavy atom. The van der Waals surface area contributed by atoms with Gasteiger partial charge >= 0.3 is 0 Å². The van der Waals surface area contributed by atoms with Gasteiger partial charge in [0, 0.05) is 18.5 Å². The van der Waals surface area contributed by atoms with Crippen LogP contribution in [0.2, 0.25) is 0 Å². The van der Waals surface area contributed by atoms with Crippen molar-refractivity contribution in [3.63, 3.8) is 0 Å². The molecule has 0 aliphatic heterocycles. The van der Waals surface area contributed by atoms with Gasteiger partial charge in [-0.25, -0.2) is 9.97 Å². The van der Waals surface area contributed by atoms with E-state index in [-0.39, 0.29) is 0 Å². The summed E-state index contributed by atoms with van der Waals surface area (Å²) in [5.74, 6) is 1.25. The fourth-order valence-electron chi connectivity index (χ4n) is 2.90. The third kappa shape index (κ3) is 2.75. The summed E-state index contributed by atoms with van der Waals surface area (Å²) >= 11 is 3.52. The van der Waals surface area contributed by atoms with Gasteiger partial charge in [-0.1, -0.05) is 13.0 Å². The van der Waals surface area contributed by atoms with Crippen LogP contribution in [0.3, 0.4) is 0 Å². The van der Waals surface area contributed by atoms with Crippen molar-refractivity contribution >= 4 is 15.9 Å². The molecule has 1 atom stereocenters. The number of hydrogen-bond donors (Lipinski definition) is 0. The van der Waals surface area contributed by atoms with Crippen molar-refractivity contribution in [3.8, 4) is 0 Å². The van der Waals surface area contributed by atoms with Crippen LogP contribution in [0.5, 0.6) is 0 Å². The summed E-state index contributed by atoms with van der Waals surface area (Å²) in [6.45, 7) is 2.15. The Labute approximate surface area is 128 Å². The quantitative estimate of drug-likeness (QED) is 0.796. The fourth-order valence-corrected chi connectivity index (χ4v) is 3.33. The van der Waals surface area contributed by atoms with E-state index in [9.17, 15) is 0 Å². The highest BCUT2D eigenvalue weighted by atomic mass is 79.9. The van der Waals surface area contributed by atoms with Crippen LogP contribution >= 0.6 is 15.9 Å². The average Bonchev–Trinajstić information content (AvgIpc) is 2.46. The van der Waals surface area contributed by atoms with E-state index in [1.165, 1.54) is 17.7 Å². The highest BCUT2D eigenvalue weighted by Crippen LogP contribution is 2.34. The second-order valence-electron chi connectivity index (χ2n) is 5.27. The maximum atomic E-state index is 4.76. The predicted octanol–water partition coefficient (Wildman–Crippen LogP) is 4.05. The van der Waals surface area contributed by atoms with Crippen molar-refractivity contribution in [1.82, 2.24) is 15.0 Å². The molecule has 0 spiro atoms. The van der Waals surface area contributed by atoms with Crippen molar-refractivity contribution < 1.29 is 0 Å². The molecule has 2 heterocycles. The maximum absolute atomic E-state index is 4.76. The first-order valence-electron chi connectivity index (χ1n) is 7.25. The zero-order chi connectivity index (χ0) is 13.9. The van der Waals surface area contributed by atoms with Gasteiger partial charge in [0.05, 0.1) is 11.4 Å². The molecule has 3 nitrogen and oxygen atoms in total. The molecule has 1 aliphatic carbocycles. The van der Waals surface area contributed by atoms with Gasteiger partial charge < -0.3 is 0 Å². The van der Waals surface area contributed by atoms with Crippen molar-refractivity contribution in [2.24, 2.45) is 0 Å². The van der Waals surface area contributed by atoms with Crippen LogP contribution in [0.15, 0.2) is 29.0 Å². The Hall–Kier alpha value is -1.29. The lowest BCUT2D eigenvalue weighted by molar-refractivity contribution is 0.582. The van der Waals surface area contributed by atoms with E-state index in [0.29, 0.717) is 5.92 Å². The summed E-state index contributed by atoms with van der Waals surface area (Å²) in [5.41, 5.74) is 3.68. The summed E-state index contributed by atoms with van der Waals surface area (Å²) < 4.78 is 0.883. The zero-order valence-corrected chi connectivity index (χ0v) is 13.2. The van der Waals surface area contributed by atoms with Gasteiger partial charge in [0.25, 0.3) is 0 Å². The smallest absolute Gasteiger partial charge is 0.129 e. The summed E-state index contributed by atoms with van der Waals surface area (Å²) in [6, 6.07) is 6.27. The van der Waals surface area contributed by atoms with E-state index >= 15 is 0 Å². The largest absolute Gasteiger partial charge is 0.260 e. The lowest BCUT2D eigenvalue weighted by Crippen LogP contribution is -2.15. The molecular weight excluding hydrogens is 314 g/mol. The van der Waals surface area contributed by atoms with E-state index in [4.69, 9.17) is 4.98 Å². The number of nitrogens with zero attached hydrogens (tertiary/aromatic N) is 3. The minimum Gasteiger partial charge on any atom is -0.260 e. The van der Waals surface area contributed by atoms with Gasteiger partial charge in [-0.3, -0.25) is 4.98 Å². The molecular formula is C16H18BrN3. The van der Waals surface area contributed by atoms with Crippen LogP contribution in [0.1, 0.15) is 54.9 Å². The standard InChI is InChI=1S/C16H18BrN3/c1-2-5-15-19-13(10-14(17)20-15)12-8-3-6-11-7-4-9-18-16(11)12/h4,7,9-10,12H,2-3,5-6,8H2,1H3. The topological polar surface area (TPSA) is 38.7 Å². The lowest BCUT2D eigenvalue weighted by atomic mass is 9.84. The monoisotopic (exact) mass is 331 g/mol. The Bertz CT molecular complexity index is 612. The first-order valence-corrected chi connectivity index (χ1v) is 8.04. The zero-order valence-electron chi connectivity index (χ0n) is 11.6. The first-order chi connectivity index (χ1) is 9.78. The molecule has 0 amide bonds. The van der Waals surface area contributed by atoms with Crippen LogP contribution in [-0.4, -0.2) is 15.0 Å². The summed E-state index contributed by atoms with van der Waals surface area (Å²) in [4.78, 5) is 13.8. The molecule has 2 aromatic rings. The van der Waals surface area contributed by atoms with Crippen LogP contribution in [0, 0.1) is 0 Å². The molecule has 0 saturated carbocycles.